The average Bonchev–Trinajstić information content (AvgIpc) is 2.11. The van der Waals surface area contributed by atoms with Crippen molar-refractivity contribution < 1.29 is 5.11 Å². The van der Waals surface area contributed by atoms with Gasteiger partial charge in [-0.15, -0.1) is 0 Å². The van der Waals surface area contributed by atoms with E-state index in [1.807, 2.05) is 0 Å². The summed E-state index contributed by atoms with van der Waals surface area (Å²) in [6.45, 7) is 4.75. The minimum atomic E-state index is 0.321. The van der Waals surface area contributed by atoms with Crippen LogP contribution in [0.4, 0.5) is 0 Å². The first-order chi connectivity index (χ1) is 5.85. The molecular weight excluding hydrogens is 148 g/mol. The summed E-state index contributed by atoms with van der Waals surface area (Å²) in [5, 5.41) is 8.60. The van der Waals surface area contributed by atoms with Gasteiger partial charge in [-0.3, -0.25) is 0 Å². The van der Waals surface area contributed by atoms with E-state index in [1.165, 1.54) is 25.7 Å². The van der Waals surface area contributed by atoms with Crippen molar-refractivity contribution in [2.75, 3.05) is 6.61 Å². The van der Waals surface area contributed by atoms with Crippen LogP contribution in [0.15, 0.2) is 11.6 Å². The second-order valence-electron chi connectivity index (χ2n) is 3.19. The van der Waals surface area contributed by atoms with E-state index in [0.717, 1.165) is 12.8 Å². The number of hydrogen-bond donors (Lipinski definition) is 1. The number of unbranched alkanes of at least 4 members (excludes halogenated alkanes) is 2. The average molecular weight is 170 g/mol. The summed E-state index contributed by atoms with van der Waals surface area (Å²) in [4.78, 5) is 0. The third-order valence-corrected chi connectivity index (χ3v) is 2.10. The van der Waals surface area contributed by atoms with Crippen molar-refractivity contribution in [2.24, 2.45) is 0 Å². The Hall–Kier alpha value is -0.300. The lowest BCUT2D eigenvalue weighted by atomic mass is 10.0. The summed E-state index contributed by atoms with van der Waals surface area (Å²) in [6, 6.07) is 0. The van der Waals surface area contributed by atoms with E-state index in [2.05, 4.69) is 19.9 Å². The summed E-state index contributed by atoms with van der Waals surface area (Å²) in [5.41, 5.74) is 1.56. The minimum absolute atomic E-state index is 0.321. The first kappa shape index (κ1) is 11.7. The van der Waals surface area contributed by atoms with E-state index in [4.69, 9.17) is 5.11 Å². The summed E-state index contributed by atoms with van der Waals surface area (Å²) >= 11 is 0. The van der Waals surface area contributed by atoms with Gasteiger partial charge in [0.05, 0.1) is 0 Å². The molecule has 0 aromatic carbocycles. The second-order valence-corrected chi connectivity index (χ2v) is 3.19. The zero-order valence-electron chi connectivity index (χ0n) is 8.47. The van der Waals surface area contributed by atoms with Gasteiger partial charge in [0, 0.05) is 6.61 Å². The first-order valence-corrected chi connectivity index (χ1v) is 5.13. The molecule has 0 atom stereocenters. The molecule has 0 radical (unpaired) electrons. The van der Waals surface area contributed by atoms with Gasteiger partial charge in [0.25, 0.3) is 0 Å². The van der Waals surface area contributed by atoms with Crippen LogP contribution in [0, 0.1) is 0 Å². The molecule has 0 spiro atoms. The van der Waals surface area contributed by atoms with Crippen molar-refractivity contribution >= 4 is 0 Å². The lowest BCUT2D eigenvalue weighted by molar-refractivity contribution is 0.289. The fourth-order valence-electron chi connectivity index (χ4n) is 1.22. The van der Waals surface area contributed by atoms with E-state index in [-0.39, 0.29) is 0 Å². The lowest BCUT2D eigenvalue weighted by Crippen LogP contribution is -1.84. The molecule has 12 heavy (non-hydrogen) atoms. The molecule has 0 aliphatic carbocycles. The van der Waals surface area contributed by atoms with Crippen molar-refractivity contribution in [3.8, 4) is 0 Å². The zero-order chi connectivity index (χ0) is 9.23. The predicted molar refractivity (Wildman–Crippen MR) is 54.2 cm³/mol. The summed E-state index contributed by atoms with van der Waals surface area (Å²) < 4.78 is 0. The van der Waals surface area contributed by atoms with Gasteiger partial charge >= 0.3 is 0 Å². The van der Waals surface area contributed by atoms with Crippen LogP contribution in [0.2, 0.25) is 0 Å². The fraction of sp³-hybridized carbons (Fsp3) is 0.818. The van der Waals surface area contributed by atoms with Crippen molar-refractivity contribution in [3.05, 3.63) is 11.6 Å². The summed E-state index contributed by atoms with van der Waals surface area (Å²) in [5.74, 6) is 0. The van der Waals surface area contributed by atoms with Crippen LogP contribution in [0.3, 0.4) is 0 Å². The molecule has 0 fully saturated rings. The van der Waals surface area contributed by atoms with Crippen molar-refractivity contribution in [1.29, 1.82) is 0 Å². The molecular formula is C11H22O. The maximum Gasteiger partial charge on any atom is 0.0433 e. The minimum Gasteiger partial charge on any atom is -0.396 e. The molecule has 1 heteroatoms. The Labute approximate surface area is 76.5 Å². The smallest absolute Gasteiger partial charge is 0.0433 e. The lowest BCUT2D eigenvalue weighted by Gasteiger charge is -2.02. The van der Waals surface area contributed by atoms with Gasteiger partial charge in [0.1, 0.15) is 0 Å². The van der Waals surface area contributed by atoms with Crippen molar-refractivity contribution in [1.82, 2.24) is 0 Å². The van der Waals surface area contributed by atoms with Gasteiger partial charge in [0.2, 0.25) is 0 Å². The van der Waals surface area contributed by atoms with E-state index in [0.29, 0.717) is 6.61 Å². The highest BCUT2D eigenvalue weighted by Crippen LogP contribution is 2.12. The van der Waals surface area contributed by atoms with Gasteiger partial charge in [-0.1, -0.05) is 31.9 Å². The molecule has 0 saturated carbocycles. The molecule has 72 valence electrons. The van der Waals surface area contributed by atoms with Crippen molar-refractivity contribution in [3.63, 3.8) is 0 Å². The second kappa shape index (κ2) is 8.79. The number of aliphatic hydroxyl groups excluding tert-OH is 1. The Morgan fingerprint density at radius 3 is 2.50 bits per heavy atom. The molecule has 0 aliphatic heterocycles. The molecule has 0 aliphatic rings. The molecule has 0 aromatic rings. The normalized spacial score (nSPS) is 12.1. The van der Waals surface area contributed by atoms with Crippen LogP contribution in [0.5, 0.6) is 0 Å². The van der Waals surface area contributed by atoms with Crippen LogP contribution in [0.25, 0.3) is 0 Å². The molecule has 0 amide bonds. The zero-order valence-corrected chi connectivity index (χ0v) is 8.47. The fourth-order valence-corrected chi connectivity index (χ4v) is 1.22. The molecule has 0 bridgehead atoms. The molecule has 0 unspecified atom stereocenters. The van der Waals surface area contributed by atoms with E-state index >= 15 is 0 Å². The van der Waals surface area contributed by atoms with Crippen molar-refractivity contribution in [2.45, 2.75) is 52.4 Å². The molecule has 0 aromatic heterocycles. The number of hydrogen-bond acceptors (Lipinski definition) is 1. The highest BCUT2D eigenvalue weighted by atomic mass is 16.2. The van der Waals surface area contributed by atoms with Crippen LogP contribution >= 0.6 is 0 Å². The maximum atomic E-state index is 8.60. The van der Waals surface area contributed by atoms with Gasteiger partial charge in [-0.2, -0.15) is 0 Å². The quantitative estimate of drug-likeness (QED) is 0.459. The molecule has 0 saturated heterocycles. The maximum absolute atomic E-state index is 8.60. The van der Waals surface area contributed by atoms with E-state index in [9.17, 15) is 0 Å². The van der Waals surface area contributed by atoms with Gasteiger partial charge < -0.3 is 5.11 Å². The number of rotatable bonds is 7. The van der Waals surface area contributed by atoms with Gasteiger partial charge in [0.15, 0.2) is 0 Å². The molecule has 1 N–H and O–H groups in total. The number of allylic oxidation sites excluding steroid dienone is 2. The Morgan fingerprint density at radius 1 is 1.25 bits per heavy atom. The summed E-state index contributed by atoms with van der Waals surface area (Å²) in [6.07, 6.45) is 9.25. The van der Waals surface area contributed by atoms with Gasteiger partial charge in [-0.05, 0) is 32.1 Å². The van der Waals surface area contributed by atoms with Crippen LogP contribution in [-0.4, -0.2) is 11.7 Å². The Kier molecular flexibility index (Phi) is 8.57. The SMILES string of the molecule is CCCC/C(=C\CCCO)CC. The van der Waals surface area contributed by atoms with Gasteiger partial charge in [-0.25, -0.2) is 0 Å². The van der Waals surface area contributed by atoms with E-state index < -0.39 is 0 Å². The Morgan fingerprint density at radius 2 is 2.00 bits per heavy atom. The van der Waals surface area contributed by atoms with Crippen LogP contribution < -0.4 is 0 Å². The van der Waals surface area contributed by atoms with Crippen LogP contribution in [-0.2, 0) is 0 Å². The predicted octanol–water partition coefficient (Wildman–Crippen LogP) is 3.29. The summed E-state index contributed by atoms with van der Waals surface area (Å²) in [7, 11) is 0. The largest absolute Gasteiger partial charge is 0.396 e. The highest BCUT2D eigenvalue weighted by molar-refractivity contribution is 5.00. The first-order valence-electron chi connectivity index (χ1n) is 5.13. The Balaban J connectivity index is 3.55. The Bertz CT molecular complexity index is 116. The highest BCUT2D eigenvalue weighted by Gasteiger charge is 1.92. The molecule has 0 rings (SSSR count). The molecule has 1 nitrogen and oxygen atoms in total. The third kappa shape index (κ3) is 6.41. The standard InChI is InChI=1S/C11H22O/c1-3-5-8-11(4-2)9-6-7-10-12/h9,12H,3-8,10H2,1-2H3/b11-9-. The van der Waals surface area contributed by atoms with Crippen LogP contribution in [0.1, 0.15) is 52.4 Å². The monoisotopic (exact) mass is 170 g/mol. The third-order valence-electron chi connectivity index (χ3n) is 2.10. The topological polar surface area (TPSA) is 20.2 Å². The van der Waals surface area contributed by atoms with E-state index in [1.54, 1.807) is 5.57 Å². The number of aliphatic hydroxyl groups is 1. The molecule has 0 heterocycles.